The molecule has 3 rings (SSSR count). The van der Waals surface area contributed by atoms with Crippen LogP contribution in [0, 0.1) is 0 Å². The Morgan fingerprint density at radius 1 is 1.33 bits per heavy atom. The van der Waals surface area contributed by atoms with E-state index in [1.165, 1.54) is 0 Å². The van der Waals surface area contributed by atoms with E-state index in [1.54, 1.807) is 25.4 Å². The van der Waals surface area contributed by atoms with E-state index in [2.05, 4.69) is 15.5 Å². The molecule has 7 heteroatoms. The predicted octanol–water partition coefficient (Wildman–Crippen LogP) is 3.02. The number of carbonyl (C=O) groups excluding carboxylic acids is 1. The summed E-state index contributed by atoms with van der Waals surface area (Å²) in [7, 11) is 1.54. The third-order valence-corrected chi connectivity index (χ3v) is 3.36. The number of nitrogens with zero attached hydrogens (tertiary/aromatic N) is 2. The zero-order chi connectivity index (χ0) is 16.9. The number of ether oxygens (including phenoxy) is 2. The zero-order valence-electron chi connectivity index (χ0n) is 13.4. The van der Waals surface area contributed by atoms with Crippen molar-refractivity contribution >= 4 is 22.5 Å². The molecule has 0 spiro atoms. The molecule has 0 aliphatic carbocycles. The van der Waals surface area contributed by atoms with Crippen molar-refractivity contribution in [2.75, 3.05) is 19.0 Å². The van der Waals surface area contributed by atoms with Crippen LogP contribution in [0.5, 0.6) is 5.75 Å². The second-order valence-electron chi connectivity index (χ2n) is 5.01. The van der Waals surface area contributed by atoms with Gasteiger partial charge >= 0.3 is 0 Å². The minimum atomic E-state index is -0.378. The van der Waals surface area contributed by atoms with E-state index < -0.39 is 0 Å². The lowest BCUT2D eigenvalue weighted by Crippen LogP contribution is -2.13. The smallest absolute Gasteiger partial charge is 0.277 e. The molecule has 2 heterocycles. The fourth-order valence-electron chi connectivity index (χ4n) is 2.35. The molecule has 2 aromatic heterocycles. The van der Waals surface area contributed by atoms with Crippen molar-refractivity contribution in [3.63, 3.8) is 0 Å². The first-order valence-electron chi connectivity index (χ1n) is 7.49. The van der Waals surface area contributed by atoms with Crippen molar-refractivity contribution in [3.8, 4) is 5.75 Å². The number of fused-ring (bicyclic) bond motifs is 1. The van der Waals surface area contributed by atoms with E-state index in [-0.39, 0.29) is 18.2 Å². The molecule has 7 nitrogen and oxygen atoms in total. The zero-order valence-corrected chi connectivity index (χ0v) is 13.4. The minimum Gasteiger partial charge on any atom is -0.493 e. The Balaban J connectivity index is 1.89. The molecule has 124 valence electrons. The highest BCUT2D eigenvalue weighted by atomic mass is 16.5. The first-order chi connectivity index (χ1) is 11.7. The second-order valence-corrected chi connectivity index (χ2v) is 5.01. The first-order valence-corrected chi connectivity index (χ1v) is 7.49. The van der Waals surface area contributed by atoms with Crippen LogP contribution < -0.4 is 10.1 Å². The van der Waals surface area contributed by atoms with Gasteiger partial charge in [-0.05, 0) is 31.2 Å². The van der Waals surface area contributed by atoms with Crippen molar-refractivity contribution in [3.05, 3.63) is 48.0 Å². The van der Waals surface area contributed by atoms with Gasteiger partial charge in [-0.3, -0.25) is 9.78 Å². The molecule has 0 saturated carbocycles. The summed E-state index contributed by atoms with van der Waals surface area (Å²) in [5.41, 5.74) is 1.41. The third kappa shape index (κ3) is 3.21. The van der Waals surface area contributed by atoms with Crippen LogP contribution in [0.4, 0.5) is 5.69 Å². The minimum absolute atomic E-state index is 0.181. The van der Waals surface area contributed by atoms with Gasteiger partial charge in [0.05, 0.1) is 17.8 Å². The first kappa shape index (κ1) is 15.9. The molecule has 0 fully saturated rings. The summed E-state index contributed by atoms with van der Waals surface area (Å²) >= 11 is 0. The predicted molar refractivity (Wildman–Crippen MR) is 88.1 cm³/mol. The van der Waals surface area contributed by atoms with E-state index >= 15 is 0 Å². The normalized spacial score (nSPS) is 10.8. The van der Waals surface area contributed by atoms with Gasteiger partial charge in [-0.2, -0.15) is 0 Å². The standard InChI is InChI=1S/C17H17N3O4/c1-3-23-15-7-6-13(16-12(15)5-4-8-18-16)19-17(21)14-9-11(10-22-2)24-20-14/h4-9H,3,10H2,1-2H3,(H,19,21). The molecule has 0 aliphatic heterocycles. The van der Waals surface area contributed by atoms with E-state index in [0.29, 0.717) is 23.6 Å². The number of carbonyl (C=O) groups is 1. The highest BCUT2D eigenvalue weighted by Gasteiger charge is 2.15. The summed E-state index contributed by atoms with van der Waals surface area (Å²) in [6, 6.07) is 8.83. The maximum absolute atomic E-state index is 12.4. The van der Waals surface area contributed by atoms with Crippen LogP contribution in [-0.2, 0) is 11.3 Å². The quantitative estimate of drug-likeness (QED) is 0.749. The molecule has 1 aromatic carbocycles. The molecule has 1 N–H and O–H groups in total. The SMILES string of the molecule is CCOc1ccc(NC(=O)c2cc(COC)on2)c2ncccc12. The van der Waals surface area contributed by atoms with Gasteiger partial charge in [0.2, 0.25) is 0 Å². The average Bonchev–Trinajstić information content (AvgIpc) is 3.06. The van der Waals surface area contributed by atoms with Gasteiger partial charge in [-0.15, -0.1) is 0 Å². The maximum atomic E-state index is 12.4. The second kappa shape index (κ2) is 7.10. The Hall–Kier alpha value is -2.93. The molecule has 1 amide bonds. The number of rotatable bonds is 6. The van der Waals surface area contributed by atoms with Crippen molar-refractivity contribution in [2.24, 2.45) is 0 Å². The van der Waals surface area contributed by atoms with Crippen LogP contribution in [0.1, 0.15) is 23.2 Å². The van der Waals surface area contributed by atoms with Gasteiger partial charge in [0, 0.05) is 24.8 Å². The average molecular weight is 327 g/mol. The van der Waals surface area contributed by atoms with Crippen molar-refractivity contribution in [1.82, 2.24) is 10.1 Å². The fraction of sp³-hybridized carbons (Fsp3) is 0.235. The van der Waals surface area contributed by atoms with Crippen LogP contribution >= 0.6 is 0 Å². The number of hydrogen-bond acceptors (Lipinski definition) is 6. The topological polar surface area (TPSA) is 86.5 Å². The molecule has 0 atom stereocenters. The van der Waals surface area contributed by atoms with Crippen LogP contribution in [0.2, 0.25) is 0 Å². The molecule has 3 aromatic rings. The Morgan fingerprint density at radius 2 is 2.21 bits per heavy atom. The highest BCUT2D eigenvalue weighted by molar-refractivity contribution is 6.08. The highest BCUT2D eigenvalue weighted by Crippen LogP contribution is 2.30. The summed E-state index contributed by atoms with van der Waals surface area (Å²) in [4.78, 5) is 16.7. The largest absolute Gasteiger partial charge is 0.493 e. The number of methoxy groups -OCH3 is 1. The number of benzene rings is 1. The molecular formula is C17H17N3O4. The summed E-state index contributed by atoms with van der Waals surface area (Å²) in [5, 5.41) is 7.38. The van der Waals surface area contributed by atoms with E-state index in [0.717, 1.165) is 11.1 Å². The van der Waals surface area contributed by atoms with Crippen LogP contribution in [0.25, 0.3) is 10.9 Å². The molecule has 0 radical (unpaired) electrons. The summed E-state index contributed by atoms with van der Waals surface area (Å²) in [6.45, 7) is 2.73. The molecule has 0 aliphatic rings. The lowest BCUT2D eigenvalue weighted by Gasteiger charge is -2.11. The van der Waals surface area contributed by atoms with Crippen molar-refractivity contribution in [1.29, 1.82) is 0 Å². The van der Waals surface area contributed by atoms with E-state index in [4.69, 9.17) is 14.0 Å². The van der Waals surface area contributed by atoms with Gasteiger partial charge in [0.1, 0.15) is 12.4 Å². The number of aromatic nitrogens is 2. The van der Waals surface area contributed by atoms with E-state index in [1.807, 2.05) is 25.1 Å². The Kier molecular flexibility index (Phi) is 4.72. The molecule has 0 saturated heterocycles. The van der Waals surface area contributed by atoms with Crippen LogP contribution in [0.15, 0.2) is 41.1 Å². The number of hydrogen-bond donors (Lipinski definition) is 1. The molecule has 0 bridgehead atoms. The van der Waals surface area contributed by atoms with Crippen molar-refractivity contribution < 1.29 is 18.8 Å². The number of amides is 1. The monoisotopic (exact) mass is 327 g/mol. The van der Waals surface area contributed by atoms with Crippen LogP contribution in [0.3, 0.4) is 0 Å². The third-order valence-electron chi connectivity index (χ3n) is 3.36. The molecular weight excluding hydrogens is 310 g/mol. The van der Waals surface area contributed by atoms with Gasteiger partial charge in [-0.25, -0.2) is 0 Å². The van der Waals surface area contributed by atoms with Crippen LogP contribution in [-0.4, -0.2) is 29.8 Å². The summed E-state index contributed by atoms with van der Waals surface area (Å²) in [6.07, 6.45) is 1.67. The Morgan fingerprint density at radius 3 is 3.00 bits per heavy atom. The number of nitrogens with one attached hydrogen (secondary N) is 1. The Labute approximate surface area is 138 Å². The fourth-order valence-corrected chi connectivity index (χ4v) is 2.35. The number of pyridine rings is 1. The van der Waals surface area contributed by atoms with E-state index in [9.17, 15) is 4.79 Å². The molecule has 0 unspecified atom stereocenters. The maximum Gasteiger partial charge on any atom is 0.277 e. The number of anilines is 1. The van der Waals surface area contributed by atoms with Gasteiger partial charge in [0.15, 0.2) is 11.5 Å². The lowest BCUT2D eigenvalue weighted by atomic mass is 10.1. The lowest BCUT2D eigenvalue weighted by molar-refractivity contribution is 0.101. The van der Waals surface area contributed by atoms with Gasteiger partial charge in [0.25, 0.3) is 5.91 Å². The summed E-state index contributed by atoms with van der Waals surface area (Å²) in [5.74, 6) is 0.831. The summed E-state index contributed by atoms with van der Waals surface area (Å²) < 4.78 is 15.6. The van der Waals surface area contributed by atoms with Crippen molar-refractivity contribution in [2.45, 2.75) is 13.5 Å². The Bertz CT molecular complexity index is 860. The van der Waals surface area contributed by atoms with Gasteiger partial charge in [-0.1, -0.05) is 5.16 Å². The van der Waals surface area contributed by atoms with Gasteiger partial charge < -0.3 is 19.3 Å². The molecule has 24 heavy (non-hydrogen) atoms.